The number of carbonyl (C=O) groups excluding carboxylic acids is 1. The minimum Gasteiger partial charge on any atom is -0.378 e. The molecule has 2 amide bonds. The molecular weight excluding hydrogens is 469 g/mol. The highest BCUT2D eigenvalue weighted by molar-refractivity contribution is 5.75. The van der Waals surface area contributed by atoms with Crippen LogP contribution in [0, 0.1) is 17.7 Å². The number of urea groups is 1. The largest absolute Gasteiger partial charge is 0.378 e. The lowest BCUT2D eigenvalue weighted by Gasteiger charge is -2.33. The molecule has 2 aromatic rings. The van der Waals surface area contributed by atoms with Crippen LogP contribution in [-0.2, 0) is 4.74 Å². The van der Waals surface area contributed by atoms with E-state index >= 15 is 0 Å². The summed E-state index contributed by atoms with van der Waals surface area (Å²) in [5.41, 5.74) is 10.5. The van der Waals surface area contributed by atoms with E-state index in [-0.39, 0.29) is 23.8 Å². The summed E-state index contributed by atoms with van der Waals surface area (Å²) in [6.07, 6.45) is 10.9. The quantitative estimate of drug-likeness (QED) is 0.614. The molecular formula is C29H32FN5O2. The molecule has 1 aromatic heterocycles. The van der Waals surface area contributed by atoms with Crippen LogP contribution in [0.25, 0.3) is 0 Å². The monoisotopic (exact) mass is 501 g/mol. The third-order valence-electron chi connectivity index (χ3n) is 7.99. The lowest BCUT2D eigenvalue weighted by molar-refractivity contribution is 0.0523. The molecule has 2 N–H and O–H groups in total. The summed E-state index contributed by atoms with van der Waals surface area (Å²) in [5, 5.41) is 5.34. The molecule has 4 aliphatic rings. The molecule has 3 heterocycles. The molecule has 0 saturated carbocycles. The molecule has 6 rings (SSSR count). The number of ether oxygens (including phenoxy) is 1. The predicted octanol–water partition coefficient (Wildman–Crippen LogP) is 4.84. The zero-order valence-electron chi connectivity index (χ0n) is 21.0. The van der Waals surface area contributed by atoms with Crippen molar-refractivity contribution < 1.29 is 13.9 Å². The van der Waals surface area contributed by atoms with Crippen LogP contribution in [0.2, 0.25) is 0 Å². The fourth-order valence-electron chi connectivity index (χ4n) is 6.11. The zero-order chi connectivity index (χ0) is 25.4. The second-order valence-corrected chi connectivity index (χ2v) is 10.1. The number of halogens is 1. The first kappa shape index (κ1) is 23.7. The zero-order valence-corrected chi connectivity index (χ0v) is 21.0. The van der Waals surface area contributed by atoms with Gasteiger partial charge < -0.3 is 20.4 Å². The fraction of sp³-hybridized carbons (Fsp3) is 0.379. The molecule has 0 bridgehead atoms. The second-order valence-electron chi connectivity index (χ2n) is 10.1. The van der Waals surface area contributed by atoms with Gasteiger partial charge in [-0.25, -0.2) is 9.18 Å². The Hall–Kier alpha value is -3.65. The van der Waals surface area contributed by atoms with Gasteiger partial charge in [-0.2, -0.15) is 0 Å². The number of nitrogens with one attached hydrogen (secondary N) is 2. The maximum atomic E-state index is 13.5. The molecule has 2 aliphatic carbocycles. The molecule has 7 nitrogen and oxygen atoms in total. The third kappa shape index (κ3) is 4.62. The Balaban J connectivity index is 1.25. The van der Waals surface area contributed by atoms with Crippen LogP contribution in [0.4, 0.5) is 14.9 Å². The number of anilines is 1. The first-order chi connectivity index (χ1) is 18.1. The van der Waals surface area contributed by atoms with Crippen LogP contribution >= 0.6 is 0 Å². The number of hydrogen-bond acceptors (Lipinski definition) is 5. The minimum atomic E-state index is -0.241. The minimum absolute atomic E-state index is 0.0409. The Labute approximate surface area is 216 Å². The average Bonchev–Trinajstić information content (AvgIpc) is 3.55. The normalized spacial score (nSPS) is 23.6. The molecule has 8 heteroatoms. The maximum absolute atomic E-state index is 13.5. The number of nitrogens with zero attached hydrogens (tertiary/aromatic N) is 3. The lowest BCUT2D eigenvalue weighted by Crippen LogP contribution is -2.47. The Morgan fingerprint density at radius 1 is 1.24 bits per heavy atom. The summed E-state index contributed by atoms with van der Waals surface area (Å²) >= 11 is 0. The van der Waals surface area contributed by atoms with E-state index in [1.54, 1.807) is 18.3 Å². The van der Waals surface area contributed by atoms with E-state index in [0.717, 1.165) is 36.2 Å². The number of fused-ring (bicyclic) bond motifs is 1. The highest BCUT2D eigenvalue weighted by Gasteiger charge is 2.39. The van der Waals surface area contributed by atoms with Gasteiger partial charge in [0.15, 0.2) is 0 Å². The number of aromatic nitrogens is 1. The van der Waals surface area contributed by atoms with Gasteiger partial charge in [0.25, 0.3) is 0 Å². The van der Waals surface area contributed by atoms with Gasteiger partial charge in [0, 0.05) is 43.2 Å². The van der Waals surface area contributed by atoms with Crippen molar-refractivity contribution >= 4 is 11.7 Å². The molecule has 1 aromatic carbocycles. The van der Waals surface area contributed by atoms with Crippen LogP contribution in [0.1, 0.15) is 37.8 Å². The maximum Gasteiger partial charge on any atom is 0.318 e. The number of carbonyl (C=O) groups is 1. The van der Waals surface area contributed by atoms with Crippen molar-refractivity contribution in [1.29, 1.82) is 0 Å². The van der Waals surface area contributed by atoms with Gasteiger partial charge in [0.05, 0.1) is 30.6 Å². The van der Waals surface area contributed by atoms with Crippen molar-refractivity contribution in [1.82, 2.24) is 20.6 Å². The molecule has 0 spiro atoms. The van der Waals surface area contributed by atoms with Gasteiger partial charge in [0.1, 0.15) is 5.82 Å². The van der Waals surface area contributed by atoms with Gasteiger partial charge in [-0.1, -0.05) is 18.6 Å². The summed E-state index contributed by atoms with van der Waals surface area (Å²) in [6.45, 7) is 4.65. The summed E-state index contributed by atoms with van der Waals surface area (Å²) in [5.74, 6) is 0.373. The van der Waals surface area contributed by atoms with Crippen LogP contribution < -0.4 is 15.8 Å². The van der Waals surface area contributed by atoms with E-state index in [1.165, 1.54) is 28.9 Å². The van der Waals surface area contributed by atoms with Gasteiger partial charge in [-0.15, -0.1) is 0 Å². The van der Waals surface area contributed by atoms with Crippen molar-refractivity contribution in [2.45, 2.75) is 32.2 Å². The van der Waals surface area contributed by atoms with Crippen LogP contribution in [0.5, 0.6) is 0 Å². The number of rotatable bonds is 5. The number of allylic oxidation sites excluding steroid dienone is 4. The summed E-state index contributed by atoms with van der Waals surface area (Å²) < 4.78 is 18.9. The first-order valence-corrected chi connectivity index (χ1v) is 13.1. The van der Waals surface area contributed by atoms with Crippen LogP contribution in [0.3, 0.4) is 0 Å². The van der Waals surface area contributed by atoms with E-state index in [0.29, 0.717) is 32.2 Å². The molecule has 3 atom stereocenters. The number of pyridine rings is 1. The standard InChI is InChI=1S/C29H32FN5O2/c1-19-25-18-32-35(24-8-6-23(30)7-9-24)27(25)16-21-5-4-20(28(19)21)15-26(22-3-2-10-31-17-22)33-29(36)34-11-13-37-14-12-34/h2-3,6-10,16-20,26,32H,4-5,11-15H2,1H3,(H,33,36)/t19-,20+,26?/m0/s1. The van der Waals surface area contributed by atoms with E-state index < -0.39 is 0 Å². The van der Waals surface area contributed by atoms with Crippen molar-refractivity contribution in [3.8, 4) is 0 Å². The SMILES string of the molecule is C[C@H]1C2=CNN(c3ccc(F)cc3)C2=CC2=C1[C@@H](CC(NC(=O)N1CCOCC1)c1cccnc1)CC2. The van der Waals surface area contributed by atoms with E-state index in [1.807, 2.05) is 28.2 Å². The number of morpholine rings is 1. The van der Waals surface area contributed by atoms with Gasteiger partial charge in [-0.3, -0.25) is 9.99 Å². The predicted molar refractivity (Wildman–Crippen MR) is 140 cm³/mol. The summed E-state index contributed by atoms with van der Waals surface area (Å²) in [4.78, 5) is 19.3. The van der Waals surface area contributed by atoms with Gasteiger partial charge in [0.2, 0.25) is 0 Å². The second kappa shape index (κ2) is 10.0. The molecule has 2 aliphatic heterocycles. The van der Waals surface area contributed by atoms with Gasteiger partial charge in [-0.05, 0) is 72.7 Å². The highest BCUT2D eigenvalue weighted by Crippen LogP contribution is 2.49. The Morgan fingerprint density at radius 3 is 2.81 bits per heavy atom. The van der Waals surface area contributed by atoms with Gasteiger partial charge >= 0.3 is 6.03 Å². The first-order valence-electron chi connectivity index (χ1n) is 13.1. The highest BCUT2D eigenvalue weighted by atomic mass is 19.1. The van der Waals surface area contributed by atoms with Crippen molar-refractivity contribution in [2.75, 3.05) is 31.3 Å². The van der Waals surface area contributed by atoms with E-state index in [2.05, 4.69) is 34.9 Å². The number of amides is 2. The number of benzene rings is 1. The van der Waals surface area contributed by atoms with E-state index in [4.69, 9.17) is 4.74 Å². The molecule has 192 valence electrons. The van der Waals surface area contributed by atoms with Crippen LogP contribution in [0.15, 0.2) is 83.5 Å². The Morgan fingerprint density at radius 2 is 2.05 bits per heavy atom. The Kier molecular flexibility index (Phi) is 6.42. The number of hydrazine groups is 1. The Bertz CT molecular complexity index is 1250. The topological polar surface area (TPSA) is 69.7 Å². The van der Waals surface area contributed by atoms with E-state index in [9.17, 15) is 9.18 Å². The molecule has 0 radical (unpaired) electrons. The average molecular weight is 502 g/mol. The molecule has 1 saturated heterocycles. The van der Waals surface area contributed by atoms with Crippen LogP contribution in [-0.4, -0.2) is 42.2 Å². The van der Waals surface area contributed by atoms with Crippen molar-refractivity contribution in [2.24, 2.45) is 11.8 Å². The smallest absolute Gasteiger partial charge is 0.318 e. The third-order valence-corrected chi connectivity index (χ3v) is 7.99. The molecule has 37 heavy (non-hydrogen) atoms. The summed E-state index contributed by atoms with van der Waals surface area (Å²) in [6, 6.07) is 10.4. The lowest BCUT2D eigenvalue weighted by atomic mass is 9.78. The molecule has 1 unspecified atom stereocenters. The fourth-order valence-corrected chi connectivity index (χ4v) is 6.11. The molecule has 1 fully saturated rings. The number of hydrogen-bond donors (Lipinski definition) is 2. The van der Waals surface area contributed by atoms with Crippen molar-refractivity contribution in [3.05, 3.63) is 94.9 Å². The summed E-state index contributed by atoms with van der Waals surface area (Å²) in [7, 11) is 0. The van der Waals surface area contributed by atoms with Crippen molar-refractivity contribution in [3.63, 3.8) is 0 Å².